The molecule has 1 saturated carbocycles. The number of alkyl halides is 1. The fourth-order valence-corrected chi connectivity index (χ4v) is 3.80. The summed E-state index contributed by atoms with van der Waals surface area (Å²) in [6.45, 7) is 2.13. The summed E-state index contributed by atoms with van der Waals surface area (Å²) in [6.07, 6.45) is 6.53. The third-order valence-corrected chi connectivity index (χ3v) is 5.08. The van der Waals surface area contributed by atoms with Crippen molar-refractivity contribution < 1.29 is 4.42 Å². The van der Waals surface area contributed by atoms with Gasteiger partial charge in [0.25, 0.3) is 0 Å². The van der Waals surface area contributed by atoms with Crippen molar-refractivity contribution in [1.29, 1.82) is 0 Å². The molecule has 96 valence electrons. The maximum Gasteiger partial charge on any atom is 0.134 e. The number of halogens is 1. The average Bonchev–Trinajstić information content (AvgIpc) is 2.63. The van der Waals surface area contributed by atoms with Gasteiger partial charge in [-0.3, -0.25) is 0 Å². The lowest BCUT2D eigenvalue weighted by Crippen LogP contribution is -2.09. The van der Waals surface area contributed by atoms with E-state index in [-0.39, 0.29) is 0 Å². The van der Waals surface area contributed by atoms with Gasteiger partial charge in [0.2, 0.25) is 0 Å². The van der Waals surface area contributed by atoms with Crippen LogP contribution in [0.1, 0.15) is 49.3 Å². The lowest BCUT2D eigenvalue weighted by Gasteiger charge is -2.16. The fraction of sp³-hybridized carbons (Fsp3) is 0.500. The molecular formula is C16H19BrO. The molecule has 18 heavy (non-hydrogen) atoms. The number of fused-ring (bicyclic) bond motifs is 1. The van der Waals surface area contributed by atoms with E-state index in [2.05, 4.69) is 47.1 Å². The predicted molar refractivity (Wildman–Crippen MR) is 79.5 cm³/mol. The summed E-state index contributed by atoms with van der Waals surface area (Å²) < 4.78 is 6.06. The molecule has 0 spiro atoms. The minimum atomic E-state index is 0.542. The van der Waals surface area contributed by atoms with E-state index >= 15 is 0 Å². The van der Waals surface area contributed by atoms with Gasteiger partial charge < -0.3 is 4.42 Å². The highest BCUT2D eigenvalue weighted by Crippen LogP contribution is 2.38. The second kappa shape index (κ2) is 5.08. The van der Waals surface area contributed by atoms with E-state index in [0.29, 0.717) is 10.7 Å². The number of benzene rings is 1. The quantitative estimate of drug-likeness (QED) is 0.497. The second-order valence-corrected chi connectivity index (χ2v) is 6.63. The first-order chi connectivity index (χ1) is 8.74. The molecule has 1 aromatic heterocycles. The molecule has 0 N–H and O–H groups in total. The van der Waals surface area contributed by atoms with Crippen LogP contribution in [0, 0.1) is 6.92 Å². The smallest absolute Gasteiger partial charge is 0.134 e. The van der Waals surface area contributed by atoms with Gasteiger partial charge in [0, 0.05) is 16.1 Å². The topological polar surface area (TPSA) is 13.1 Å². The minimum absolute atomic E-state index is 0.542. The first-order valence-electron chi connectivity index (χ1n) is 6.88. The first-order valence-corrected chi connectivity index (χ1v) is 7.80. The molecule has 0 aliphatic heterocycles. The summed E-state index contributed by atoms with van der Waals surface area (Å²) in [5.74, 6) is 1.71. The summed E-state index contributed by atoms with van der Waals surface area (Å²) in [4.78, 5) is 0.571. The third-order valence-electron chi connectivity index (χ3n) is 3.99. The van der Waals surface area contributed by atoms with Crippen molar-refractivity contribution in [2.75, 3.05) is 0 Å². The Morgan fingerprint density at radius 1 is 1.11 bits per heavy atom. The molecule has 1 aliphatic carbocycles. The lowest BCUT2D eigenvalue weighted by molar-refractivity contribution is 0.465. The summed E-state index contributed by atoms with van der Waals surface area (Å²) >= 11 is 3.85. The Labute approximate surface area is 117 Å². The molecule has 1 aromatic carbocycles. The van der Waals surface area contributed by atoms with Crippen LogP contribution >= 0.6 is 15.9 Å². The molecule has 2 heteroatoms. The van der Waals surface area contributed by atoms with Crippen molar-refractivity contribution in [3.05, 3.63) is 35.6 Å². The molecule has 0 saturated heterocycles. The molecule has 1 fully saturated rings. The molecule has 1 nitrogen and oxygen atoms in total. The van der Waals surface area contributed by atoms with E-state index in [9.17, 15) is 0 Å². The number of hydrogen-bond acceptors (Lipinski definition) is 1. The molecular weight excluding hydrogens is 288 g/mol. The van der Waals surface area contributed by atoms with E-state index in [1.54, 1.807) is 0 Å². The largest absolute Gasteiger partial charge is 0.461 e. The maximum absolute atomic E-state index is 6.06. The van der Waals surface area contributed by atoms with Crippen LogP contribution in [0.5, 0.6) is 0 Å². The molecule has 0 radical (unpaired) electrons. The highest BCUT2D eigenvalue weighted by atomic mass is 79.9. The summed E-state index contributed by atoms with van der Waals surface area (Å²) in [5.41, 5.74) is 2.32. The standard InChI is InChI=1S/C16H19BrO/c1-11-7-8-15-12(9-11)10-16(18-15)13-5-3-2-4-6-14(13)17/h7-10,13-14H,2-6H2,1H3. The summed E-state index contributed by atoms with van der Waals surface area (Å²) in [7, 11) is 0. The second-order valence-electron chi connectivity index (χ2n) is 5.45. The van der Waals surface area contributed by atoms with E-state index in [0.717, 1.165) is 5.58 Å². The van der Waals surface area contributed by atoms with Crippen LogP contribution in [0.4, 0.5) is 0 Å². The Morgan fingerprint density at radius 2 is 1.94 bits per heavy atom. The van der Waals surface area contributed by atoms with Crippen LogP contribution in [0.3, 0.4) is 0 Å². The Hall–Kier alpha value is -0.760. The molecule has 0 amide bonds. The Kier molecular flexibility index (Phi) is 3.47. The van der Waals surface area contributed by atoms with Crippen LogP contribution in [0.2, 0.25) is 0 Å². The van der Waals surface area contributed by atoms with E-state index in [4.69, 9.17) is 4.42 Å². The average molecular weight is 307 g/mol. The van der Waals surface area contributed by atoms with Crippen LogP contribution in [-0.4, -0.2) is 4.83 Å². The van der Waals surface area contributed by atoms with Gasteiger partial charge in [-0.15, -0.1) is 0 Å². The predicted octanol–water partition coefficient (Wildman–Crippen LogP) is 5.55. The van der Waals surface area contributed by atoms with Gasteiger partial charge in [-0.2, -0.15) is 0 Å². The molecule has 1 heterocycles. The number of furan rings is 1. The van der Waals surface area contributed by atoms with Crippen molar-refractivity contribution in [3.8, 4) is 0 Å². The summed E-state index contributed by atoms with van der Waals surface area (Å²) in [6, 6.07) is 8.66. The SMILES string of the molecule is Cc1ccc2oc(C3CCCCCC3Br)cc2c1. The minimum Gasteiger partial charge on any atom is -0.461 e. The van der Waals surface area contributed by atoms with E-state index in [1.165, 1.54) is 48.8 Å². The zero-order valence-electron chi connectivity index (χ0n) is 10.8. The van der Waals surface area contributed by atoms with Gasteiger partial charge in [-0.25, -0.2) is 0 Å². The van der Waals surface area contributed by atoms with Gasteiger partial charge in [0.15, 0.2) is 0 Å². The fourth-order valence-electron chi connectivity index (χ4n) is 2.95. The van der Waals surface area contributed by atoms with Crippen molar-refractivity contribution >= 4 is 26.9 Å². The van der Waals surface area contributed by atoms with Crippen LogP contribution in [0.15, 0.2) is 28.7 Å². The molecule has 2 unspecified atom stereocenters. The molecule has 3 rings (SSSR count). The molecule has 0 bridgehead atoms. The first kappa shape index (κ1) is 12.3. The van der Waals surface area contributed by atoms with Gasteiger partial charge in [0.05, 0.1) is 0 Å². The van der Waals surface area contributed by atoms with Crippen LogP contribution in [0.25, 0.3) is 11.0 Å². The zero-order valence-corrected chi connectivity index (χ0v) is 12.4. The number of rotatable bonds is 1. The maximum atomic E-state index is 6.06. The number of hydrogen-bond donors (Lipinski definition) is 0. The van der Waals surface area contributed by atoms with Crippen LogP contribution in [-0.2, 0) is 0 Å². The highest BCUT2D eigenvalue weighted by molar-refractivity contribution is 9.09. The molecule has 2 aromatic rings. The van der Waals surface area contributed by atoms with Crippen LogP contribution < -0.4 is 0 Å². The van der Waals surface area contributed by atoms with E-state index in [1.807, 2.05) is 0 Å². The Morgan fingerprint density at radius 3 is 2.83 bits per heavy atom. The van der Waals surface area contributed by atoms with E-state index < -0.39 is 0 Å². The molecule has 1 aliphatic rings. The normalized spacial score (nSPS) is 25.2. The van der Waals surface area contributed by atoms with Crippen molar-refractivity contribution in [1.82, 2.24) is 0 Å². The Balaban J connectivity index is 1.97. The Bertz CT molecular complexity index is 543. The third kappa shape index (κ3) is 2.35. The van der Waals surface area contributed by atoms with Crippen molar-refractivity contribution in [2.45, 2.75) is 49.8 Å². The van der Waals surface area contributed by atoms with Crippen molar-refractivity contribution in [3.63, 3.8) is 0 Å². The zero-order chi connectivity index (χ0) is 12.5. The number of aryl methyl sites for hydroxylation is 1. The summed E-state index contributed by atoms with van der Waals surface area (Å²) in [5, 5.41) is 1.24. The van der Waals surface area contributed by atoms with Gasteiger partial charge >= 0.3 is 0 Å². The highest BCUT2D eigenvalue weighted by Gasteiger charge is 2.25. The van der Waals surface area contributed by atoms with Crippen molar-refractivity contribution in [2.24, 2.45) is 0 Å². The van der Waals surface area contributed by atoms with Gasteiger partial charge in [-0.05, 0) is 38.0 Å². The lowest BCUT2D eigenvalue weighted by atomic mass is 9.97. The van der Waals surface area contributed by atoms with Gasteiger partial charge in [0.1, 0.15) is 11.3 Å². The monoisotopic (exact) mass is 306 g/mol. The molecule has 2 atom stereocenters. The van der Waals surface area contributed by atoms with Gasteiger partial charge in [-0.1, -0.05) is 46.8 Å².